The van der Waals surface area contributed by atoms with Crippen molar-refractivity contribution < 1.29 is 27.9 Å². The van der Waals surface area contributed by atoms with Crippen LogP contribution in [0.2, 0.25) is 0 Å². The van der Waals surface area contributed by atoms with E-state index in [1.54, 1.807) is 0 Å². The summed E-state index contributed by atoms with van der Waals surface area (Å²) >= 11 is 0. The molecule has 0 spiro atoms. The molecule has 8 heteroatoms. The first-order valence-corrected chi connectivity index (χ1v) is 4.61. The van der Waals surface area contributed by atoms with Crippen LogP contribution in [0.3, 0.4) is 0 Å². The second kappa shape index (κ2) is 6.91. The van der Waals surface area contributed by atoms with Crippen molar-refractivity contribution in [3.8, 4) is 0 Å². The highest BCUT2D eigenvalue weighted by Crippen LogP contribution is 2.21. The molecule has 0 aromatic carbocycles. The lowest BCUT2D eigenvalue weighted by Gasteiger charge is -2.07. The Morgan fingerprint density at radius 3 is 2.25 bits per heavy atom. The Morgan fingerprint density at radius 2 is 1.75 bits per heavy atom. The fraction of sp³-hybridized carbons (Fsp3) is 0.750. The molecule has 0 heterocycles. The molecule has 0 unspecified atom stereocenters. The van der Waals surface area contributed by atoms with Gasteiger partial charge in [0, 0.05) is 13.0 Å². The topological polar surface area (TPSA) is 78.4 Å². The number of urea groups is 1. The van der Waals surface area contributed by atoms with E-state index in [2.05, 4.69) is 5.32 Å². The van der Waals surface area contributed by atoms with Gasteiger partial charge < -0.3 is 15.7 Å². The summed E-state index contributed by atoms with van der Waals surface area (Å²) in [5.41, 5.74) is 0. The van der Waals surface area contributed by atoms with E-state index < -0.39 is 31.1 Å². The first kappa shape index (κ1) is 14.5. The van der Waals surface area contributed by atoms with Crippen LogP contribution in [0.4, 0.5) is 18.0 Å². The Balaban J connectivity index is 3.38. The van der Waals surface area contributed by atoms with Crippen LogP contribution >= 0.6 is 0 Å². The monoisotopic (exact) mass is 242 g/mol. The van der Waals surface area contributed by atoms with Gasteiger partial charge in [-0.2, -0.15) is 13.2 Å². The number of nitrogens with one attached hydrogen (secondary N) is 2. The molecule has 0 aliphatic rings. The lowest BCUT2D eigenvalue weighted by Crippen LogP contribution is -2.38. The zero-order valence-corrected chi connectivity index (χ0v) is 8.43. The van der Waals surface area contributed by atoms with E-state index in [4.69, 9.17) is 5.11 Å². The van der Waals surface area contributed by atoms with Gasteiger partial charge in [0.2, 0.25) is 0 Å². The van der Waals surface area contributed by atoms with Gasteiger partial charge in [0.15, 0.2) is 0 Å². The van der Waals surface area contributed by atoms with Gasteiger partial charge in [-0.1, -0.05) is 0 Å². The molecule has 0 bridgehead atoms. The molecular formula is C8H13F3N2O3. The van der Waals surface area contributed by atoms with Crippen molar-refractivity contribution in [2.75, 3.05) is 13.1 Å². The third-order valence-corrected chi connectivity index (χ3v) is 1.57. The molecule has 3 N–H and O–H groups in total. The SMILES string of the molecule is O=C(O)CNC(=O)NCCCCC(F)(F)F. The largest absolute Gasteiger partial charge is 0.480 e. The summed E-state index contributed by atoms with van der Waals surface area (Å²) in [5, 5.41) is 12.5. The normalized spacial score (nSPS) is 10.9. The fourth-order valence-electron chi connectivity index (χ4n) is 0.871. The van der Waals surface area contributed by atoms with Crippen molar-refractivity contribution in [3.05, 3.63) is 0 Å². The smallest absolute Gasteiger partial charge is 0.389 e. The van der Waals surface area contributed by atoms with Crippen LogP contribution < -0.4 is 10.6 Å². The predicted molar refractivity (Wildman–Crippen MR) is 48.9 cm³/mol. The van der Waals surface area contributed by atoms with Crippen molar-refractivity contribution in [3.63, 3.8) is 0 Å². The maximum atomic E-state index is 11.7. The molecule has 0 saturated heterocycles. The minimum Gasteiger partial charge on any atom is -0.480 e. The van der Waals surface area contributed by atoms with Crippen LogP contribution in [0.1, 0.15) is 19.3 Å². The summed E-state index contributed by atoms with van der Waals surface area (Å²) in [6.07, 6.45) is -4.93. The standard InChI is InChI=1S/C8H13F3N2O3/c9-8(10,11)3-1-2-4-12-7(16)13-5-6(14)15/h1-5H2,(H,14,15)(H2,12,13,16). The Bertz CT molecular complexity index is 243. The van der Waals surface area contributed by atoms with Crippen LogP contribution in [0, 0.1) is 0 Å². The number of carboxylic acid groups (broad SMARTS) is 1. The van der Waals surface area contributed by atoms with E-state index in [-0.39, 0.29) is 19.4 Å². The molecule has 2 amide bonds. The van der Waals surface area contributed by atoms with Crippen molar-refractivity contribution in [1.29, 1.82) is 0 Å². The summed E-state index contributed by atoms with van der Waals surface area (Å²) in [5.74, 6) is -1.19. The molecule has 94 valence electrons. The van der Waals surface area contributed by atoms with Gasteiger partial charge in [0.1, 0.15) is 6.54 Å². The first-order chi connectivity index (χ1) is 7.31. The zero-order chi connectivity index (χ0) is 12.6. The highest BCUT2D eigenvalue weighted by atomic mass is 19.4. The highest BCUT2D eigenvalue weighted by Gasteiger charge is 2.25. The van der Waals surface area contributed by atoms with E-state index in [0.717, 1.165) is 0 Å². The van der Waals surface area contributed by atoms with Crippen molar-refractivity contribution >= 4 is 12.0 Å². The second-order valence-electron chi connectivity index (χ2n) is 3.08. The Hall–Kier alpha value is -1.47. The molecule has 0 saturated carbocycles. The van der Waals surface area contributed by atoms with E-state index >= 15 is 0 Å². The van der Waals surface area contributed by atoms with Gasteiger partial charge in [-0.3, -0.25) is 4.79 Å². The number of hydrogen-bond acceptors (Lipinski definition) is 2. The number of carboxylic acids is 1. The lowest BCUT2D eigenvalue weighted by molar-refractivity contribution is -0.136. The number of carbonyl (C=O) groups excluding carboxylic acids is 1. The molecule has 0 radical (unpaired) electrons. The minimum atomic E-state index is -4.18. The third-order valence-electron chi connectivity index (χ3n) is 1.57. The number of rotatable bonds is 6. The first-order valence-electron chi connectivity index (χ1n) is 4.61. The number of hydrogen-bond donors (Lipinski definition) is 3. The molecule has 0 aromatic rings. The van der Waals surface area contributed by atoms with E-state index in [9.17, 15) is 22.8 Å². The van der Waals surface area contributed by atoms with Gasteiger partial charge in [0.05, 0.1) is 0 Å². The van der Waals surface area contributed by atoms with Crippen LogP contribution in [0.25, 0.3) is 0 Å². The maximum absolute atomic E-state index is 11.7. The average Bonchev–Trinajstić information content (AvgIpc) is 2.12. The minimum absolute atomic E-state index is 0.0668. The second-order valence-corrected chi connectivity index (χ2v) is 3.08. The maximum Gasteiger partial charge on any atom is 0.389 e. The summed E-state index contributed by atoms with van der Waals surface area (Å²) in [6, 6.07) is -0.700. The summed E-state index contributed by atoms with van der Waals surface area (Å²) in [4.78, 5) is 20.8. The highest BCUT2D eigenvalue weighted by molar-refractivity contribution is 5.79. The molecule has 0 rings (SSSR count). The molecule has 0 fully saturated rings. The number of aliphatic carboxylic acids is 1. The lowest BCUT2D eigenvalue weighted by atomic mass is 10.2. The molecule has 0 atom stereocenters. The van der Waals surface area contributed by atoms with Crippen LogP contribution in [0.15, 0.2) is 0 Å². The van der Waals surface area contributed by atoms with E-state index in [1.807, 2.05) is 5.32 Å². The molecule has 0 aromatic heterocycles. The van der Waals surface area contributed by atoms with Crippen molar-refractivity contribution in [2.45, 2.75) is 25.4 Å². The average molecular weight is 242 g/mol. The van der Waals surface area contributed by atoms with Gasteiger partial charge in [-0.15, -0.1) is 0 Å². The number of halogens is 3. The van der Waals surface area contributed by atoms with Gasteiger partial charge in [0.25, 0.3) is 0 Å². The van der Waals surface area contributed by atoms with Crippen molar-refractivity contribution in [1.82, 2.24) is 10.6 Å². The Morgan fingerprint density at radius 1 is 1.12 bits per heavy atom. The Kier molecular flexibility index (Phi) is 6.28. The molecule has 5 nitrogen and oxygen atoms in total. The van der Waals surface area contributed by atoms with E-state index in [1.165, 1.54) is 0 Å². The zero-order valence-electron chi connectivity index (χ0n) is 8.43. The van der Waals surface area contributed by atoms with Gasteiger partial charge in [-0.25, -0.2) is 4.79 Å². The summed E-state index contributed by atoms with van der Waals surface area (Å²) in [6.45, 7) is -0.435. The number of amides is 2. The predicted octanol–water partition coefficient (Wildman–Crippen LogP) is 1.10. The van der Waals surface area contributed by atoms with Crippen molar-refractivity contribution in [2.24, 2.45) is 0 Å². The number of alkyl halides is 3. The molecule has 0 aliphatic carbocycles. The van der Waals surface area contributed by atoms with Crippen LogP contribution in [-0.2, 0) is 4.79 Å². The summed E-state index contributed by atoms with van der Waals surface area (Å²) in [7, 11) is 0. The number of carbonyl (C=O) groups is 2. The quantitative estimate of drug-likeness (QED) is 0.610. The molecule has 0 aliphatic heterocycles. The summed E-state index contributed by atoms with van der Waals surface area (Å²) < 4.78 is 35.1. The Labute approximate surface area is 90.0 Å². The van der Waals surface area contributed by atoms with Gasteiger partial charge >= 0.3 is 18.2 Å². The van der Waals surface area contributed by atoms with Crippen LogP contribution in [-0.4, -0.2) is 36.4 Å². The molecule has 16 heavy (non-hydrogen) atoms. The van der Waals surface area contributed by atoms with Crippen LogP contribution in [0.5, 0.6) is 0 Å². The molecular weight excluding hydrogens is 229 g/mol. The van der Waals surface area contributed by atoms with Gasteiger partial charge in [-0.05, 0) is 12.8 Å². The van der Waals surface area contributed by atoms with E-state index in [0.29, 0.717) is 0 Å². The number of unbranched alkanes of at least 4 members (excludes halogenated alkanes) is 1. The third kappa shape index (κ3) is 10.6. The fourth-order valence-corrected chi connectivity index (χ4v) is 0.871.